The molecule has 1 fully saturated rings. The van der Waals surface area contributed by atoms with Gasteiger partial charge in [-0.05, 0) is 32.4 Å². The number of amides is 1. The number of carbonyl (C=O) groups is 1. The lowest BCUT2D eigenvalue weighted by molar-refractivity contribution is -0.127. The zero-order valence-corrected chi connectivity index (χ0v) is 10.3. The highest BCUT2D eigenvalue weighted by atomic mass is 16.2. The van der Waals surface area contributed by atoms with Crippen molar-refractivity contribution in [1.29, 1.82) is 0 Å². The average Bonchev–Trinajstić information content (AvgIpc) is 2.83. The first-order valence-electron chi connectivity index (χ1n) is 6.28. The molecule has 1 aliphatic rings. The zero-order chi connectivity index (χ0) is 12.1. The van der Waals surface area contributed by atoms with Crippen LogP contribution in [-0.2, 0) is 4.79 Å². The monoisotopic (exact) mass is 236 g/mol. The van der Waals surface area contributed by atoms with Gasteiger partial charge in [-0.15, -0.1) is 0 Å². The van der Waals surface area contributed by atoms with Crippen LogP contribution in [0.25, 0.3) is 0 Å². The summed E-state index contributed by atoms with van der Waals surface area (Å²) in [7, 11) is 0. The quantitative estimate of drug-likeness (QED) is 0.742. The molecule has 0 saturated carbocycles. The minimum atomic E-state index is -0.197. The van der Waals surface area contributed by atoms with Gasteiger partial charge >= 0.3 is 0 Å². The second-order valence-electron chi connectivity index (χ2n) is 4.72. The fourth-order valence-electron chi connectivity index (χ4n) is 2.56. The van der Waals surface area contributed by atoms with E-state index in [1.165, 1.54) is 0 Å². The van der Waals surface area contributed by atoms with Gasteiger partial charge in [0.2, 0.25) is 5.91 Å². The molecule has 0 bridgehead atoms. The maximum absolute atomic E-state index is 12.4. The summed E-state index contributed by atoms with van der Waals surface area (Å²) in [6, 6.07) is 0. The lowest BCUT2D eigenvalue weighted by Crippen LogP contribution is -2.44. The molecule has 17 heavy (non-hydrogen) atoms. The molecule has 1 aromatic rings. The third-order valence-corrected chi connectivity index (χ3v) is 3.53. The second kappa shape index (κ2) is 5.31. The largest absolute Gasteiger partial charge is 0.323 e. The molecule has 0 aromatic carbocycles. The summed E-state index contributed by atoms with van der Waals surface area (Å²) in [6.45, 7) is 3.99. The van der Waals surface area contributed by atoms with Gasteiger partial charge in [0.15, 0.2) is 0 Å². The van der Waals surface area contributed by atoms with E-state index in [1.807, 2.05) is 0 Å². The van der Waals surface area contributed by atoms with E-state index < -0.39 is 0 Å². The highest BCUT2D eigenvalue weighted by Crippen LogP contribution is 2.35. The molecule has 2 rings (SSSR count). The number of aromatic nitrogens is 2. The van der Waals surface area contributed by atoms with Gasteiger partial charge in [-0.2, -0.15) is 5.10 Å². The Labute approximate surface area is 101 Å². The summed E-state index contributed by atoms with van der Waals surface area (Å²) in [5, 5.41) is 12.8. The Bertz CT molecular complexity index is 349. The molecule has 2 heterocycles. The maximum Gasteiger partial charge on any atom is 0.230 e. The first kappa shape index (κ1) is 12.1. The zero-order valence-electron chi connectivity index (χ0n) is 10.3. The number of hydrogen-bond donors (Lipinski definition) is 3. The van der Waals surface area contributed by atoms with Crippen LogP contribution in [0, 0.1) is 5.41 Å². The lowest BCUT2D eigenvalue weighted by Gasteiger charge is -2.35. The van der Waals surface area contributed by atoms with Crippen LogP contribution < -0.4 is 10.6 Å². The molecule has 3 N–H and O–H groups in total. The molecule has 0 unspecified atom stereocenters. The molecule has 0 radical (unpaired) electrons. The molecule has 0 atom stereocenters. The number of nitrogens with zero attached hydrogens (tertiary/aromatic N) is 1. The van der Waals surface area contributed by atoms with Crippen molar-refractivity contribution >= 4 is 11.6 Å². The first-order chi connectivity index (χ1) is 8.27. The summed E-state index contributed by atoms with van der Waals surface area (Å²) < 4.78 is 0. The van der Waals surface area contributed by atoms with Crippen molar-refractivity contribution in [3.63, 3.8) is 0 Å². The number of nitrogens with one attached hydrogen (secondary N) is 3. The van der Waals surface area contributed by atoms with Crippen molar-refractivity contribution in [2.45, 2.75) is 32.6 Å². The van der Waals surface area contributed by atoms with Gasteiger partial charge in [-0.25, -0.2) is 0 Å². The van der Waals surface area contributed by atoms with Gasteiger partial charge in [0.05, 0.1) is 17.3 Å². The van der Waals surface area contributed by atoms with E-state index in [0.29, 0.717) is 0 Å². The summed E-state index contributed by atoms with van der Waals surface area (Å²) in [6.07, 6.45) is 7.18. The Morgan fingerprint density at radius 3 is 2.88 bits per heavy atom. The predicted molar refractivity (Wildman–Crippen MR) is 66.7 cm³/mol. The Hall–Kier alpha value is -1.36. The highest BCUT2D eigenvalue weighted by molar-refractivity contribution is 5.95. The Morgan fingerprint density at radius 2 is 2.29 bits per heavy atom. The molecule has 1 aromatic heterocycles. The molecule has 0 spiro atoms. The minimum absolute atomic E-state index is 0.141. The van der Waals surface area contributed by atoms with E-state index >= 15 is 0 Å². The minimum Gasteiger partial charge on any atom is -0.323 e. The Kier molecular flexibility index (Phi) is 3.78. The maximum atomic E-state index is 12.4. The van der Waals surface area contributed by atoms with Gasteiger partial charge in [-0.1, -0.05) is 13.3 Å². The topological polar surface area (TPSA) is 69.8 Å². The van der Waals surface area contributed by atoms with Gasteiger partial charge < -0.3 is 10.6 Å². The second-order valence-corrected chi connectivity index (χ2v) is 4.72. The summed E-state index contributed by atoms with van der Waals surface area (Å²) in [5.41, 5.74) is 0.557. The van der Waals surface area contributed by atoms with Crippen LogP contribution in [0.2, 0.25) is 0 Å². The van der Waals surface area contributed by atoms with Crippen LogP contribution in [0.15, 0.2) is 12.4 Å². The molecule has 5 heteroatoms. The van der Waals surface area contributed by atoms with Gasteiger partial charge in [-0.3, -0.25) is 9.89 Å². The number of aromatic amines is 1. The van der Waals surface area contributed by atoms with Crippen LogP contribution in [0.4, 0.5) is 5.69 Å². The number of hydrogen-bond acceptors (Lipinski definition) is 3. The van der Waals surface area contributed by atoms with Crippen molar-refractivity contribution in [1.82, 2.24) is 15.5 Å². The van der Waals surface area contributed by atoms with Gasteiger partial charge in [0.25, 0.3) is 0 Å². The smallest absolute Gasteiger partial charge is 0.230 e. The van der Waals surface area contributed by atoms with E-state index in [2.05, 4.69) is 27.8 Å². The number of rotatable bonds is 4. The first-order valence-corrected chi connectivity index (χ1v) is 6.28. The fraction of sp³-hybridized carbons (Fsp3) is 0.667. The van der Waals surface area contributed by atoms with Crippen LogP contribution in [-0.4, -0.2) is 29.2 Å². The summed E-state index contributed by atoms with van der Waals surface area (Å²) in [4.78, 5) is 12.4. The van der Waals surface area contributed by atoms with Crippen LogP contribution in [0.3, 0.4) is 0 Å². The average molecular weight is 236 g/mol. The van der Waals surface area contributed by atoms with Crippen LogP contribution >= 0.6 is 0 Å². The number of carbonyl (C=O) groups excluding carboxylic acids is 1. The molecule has 1 saturated heterocycles. The van der Waals surface area contributed by atoms with Crippen molar-refractivity contribution in [3.05, 3.63) is 12.4 Å². The Morgan fingerprint density at radius 1 is 1.53 bits per heavy atom. The van der Waals surface area contributed by atoms with Gasteiger partial charge in [0, 0.05) is 6.20 Å². The molecule has 1 amide bonds. The molecular formula is C12H20N4O. The van der Waals surface area contributed by atoms with E-state index in [0.717, 1.165) is 44.5 Å². The molecule has 94 valence electrons. The third-order valence-electron chi connectivity index (χ3n) is 3.53. The normalized spacial score (nSPS) is 18.9. The van der Waals surface area contributed by atoms with Crippen molar-refractivity contribution in [2.24, 2.45) is 5.41 Å². The molecular weight excluding hydrogens is 216 g/mol. The van der Waals surface area contributed by atoms with Crippen LogP contribution in [0.1, 0.15) is 32.6 Å². The number of anilines is 1. The predicted octanol–water partition coefficient (Wildman–Crippen LogP) is 1.52. The van der Waals surface area contributed by atoms with E-state index in [-0.39, 0.29) is 11.3 Å². The standard InChI is InChI=1S/C12H20N4O/c1-2-3-12(4-6-13-7-5-12)11(17)16-10-8-14-15-9-10/h8-9,13H,2-7H2,1H3,(H,14,15)(H,16,17). The Balaban J connectivity index is 2.06. The van der Waals surface area contributed by atoms with Gasteiger partial charge in [0.1, 0.15) is 0 Å². The lowest BCUT2D eigenvalue weighted by atomic mass is 9.74. The number of piperidine rings is 1. The van der Waals surface area contributed by atoms with Crippen molar-refractivity contribution in [3.8, 4) is 0 Å². The van der Waals surface area contributed by atoms with E-state index in [9.17, 15) is 4.79 Å². The molecule has 5 nitrogen and oxygen atoms in total. The number of H-pyrrole nitrogens is 1. The molecule has 1 aliphatic heterocycles. The molecule has 0 aliphatic carbocycles. The summed E-state index contributed by atoms with van der Waals surface area (Å²) >= 11 is 0. The van der Waals surface area contributed by atoms with Crippen molar-refractivity contribution < 1.29 is 4.79 Å². The van der Waals surface area contributed by atoms with E-state index in [1.54, 1.807) is 12.4 Å². The van der Waals surface area contributed by atoms with E-state index in [4.69, 9.17) is 0 Å². The fourth-order valence-corrected chi connectivity index (χ4v) is 2.56. The van der Waals surface area contributed by atoms with Crippen molar-refractivity contribution in [2.75, 3.05) is 18.4 Å². The van der Waals surface area contributed by atoms with Crippen LogP contribution in [0.5, 0.6) is 0 Å². The highest BCUT2D eigenvalue weighted by Gasteiger charge is 2.38. The SMILES string of the molecule is CCCC1(C(=O)Nc2cn[nH]c2)CCNCC1. The summed E-state index contributed by atoms with van der Waals surface area (Å²) in [5.74, 6) is 0.141. The third kappa shape index (κ3) is 2.66.